The first kappa shape index (κ1) is 98.1. The number of hydrogen-bond acceptors (Lipinski definition) is 36. The molecule has 0 saturated heterocycles. The highest BCUT2D eigenvalue weighted by molar-refractivity contribution is 5.90. The van der Waals surface area contributed by atoms with Crippen molar-refractivity contribution in [2.75, 3.05) is 39.6 Å². The molecule has 24 rings (SSSR count). The minimum absolute atomic E-state index is 0.164. The molecule has 714 valence electrons. The molecule has 0 aliphatic heterocycles. The Labute approximate surface area is 746 Å². The molecule has 129 heavy (non-hydrogen) atoms. The molecule has 12 N–H and O–H groups in total. The maximum absolute atomic E-state index is 12.0. The van der Waals surface area contributed by atoms with E-state index in [-0.39, 0.29) is 119 Å². The molecule has 36 nitrogen and oxygen atoms in total. The third-order valence-corrected chi connectivity index (χ3v) is 29.2. The van der Waals surface area contributed by atoms with Crippen LogP contribution < -0.4 is 0 Å². The fourth-order valence-electron chi connectivity index (χ4n) is 29.2. The highest BCUT2D eigenvalue weighted by Gasteiger charge is 2.73. The zero-order valence-electron chi connectivity index (χ0n) is 73.8. The molecule has 36 heteroatoms. The van der Waals surface area contributed by atoms with Gasteiger partial charge in [0.25, 0.3) is 0 Å². The van der Waals surface area contributed by atoms with Crippen LogP contribution in [0.5, 0.6) is 0 Å². The van der Waals surface area contributed by atoms with Crippen molar-refractivity contribution >= 4 is 71.6 Å². The molecule has 0 amide bonds. The number of aliphatic hydroxyl groups is 12. The minimum Gasteiger partial charge on any atom is -0.456 e. The Morgan fingerprint density at radius 1 is 0.233 bits per heavy atom. The largest absolute Gasteiger partial charge is 0.456 e. The maximum atomic E-state index is 12.0. The molecular weight excluding hydrogens is 1690 g/mol. The van der Waals surface area contributed by atoms with Gasteiger partial charge in [-0.25, -0.2) is 57.5 Å². The normalized spacial score (nSPS) is 42.7. The van der Waals surface area contributed by atoms with Crippen molar-refractivity contribution in [1.82, 2.24) is 0 Å². The molecule has 0 aromatic rings. The third kappa shape index (κ3) is 23.1. The molecule has 0 spiro atoms. The summed E-state index contributed by atoms with van der Waals surface area (Å²) in [5, 5.41) is 127. The summed E-state index contributed by atoms with van der Waals surface area (Å²) in [5.74, 6) is -5.76. The Balaban J connectivity index is 0.000000132. The second kappa shape index (κ2) is 34.9. The number of carbonyl (C=O) groups is 12. The second-order valence-electron chi connectivity index (χ2n) is 43.2. The van der Waals surface area contributed by atoms with E-state index in [1.807, 2.05) is 0 Å². The lowest BCUT2D eigenvalue weighted by atomic mass is 9.48. The Bertz CT molecular complexity index is 4370. The molecule has 24 aliphatic carbocycles. The van der Waals surface area contributed by atoms with Crippen LogP contribution in [0.2, 0.25) is 0 Å². The summed E-state index contributed by atoms with van der Waals surface area (Å²) in [7, 11) is 0. The molecule has 24 saturated carbocycles. The SMILES string of the molecule is C=C(C)C(=O)OCC(=O)OC12CC3(O)CC(O)(CC(O)(C3)C1)C2.C=C(C)C(=O)OCC(=O)OC12CC3CC(CC(O)(C3)C1)C2.C=C(C)C(=O)OCC(=O)OC12CC3CC(O)(CC(O)(C3)C1)C2.C=CC(=O)OCC(=O)OC12CC3(O)CC(O)(CC(O)(C3)C1)C2.C=CC(=O)OCC(=O)OC12CC3CC(CC(O)(C3)C1)C2.C=CC(=O)OCC(=O)OC12CC3CC(O)(CC(O)(C3)C1)C2. The number of rotatable bonds is 24. The van der Waals surface area contributed by atoms with E-state index in [1.54, 1.807) is 0 Å². The minimum atomic E-state index is -1.24. The Hall–Kier alpha value is -8.40. The van der Waals surface area contributed by atoms with Crippen LogP contribution in [0.4, 0.5) is 0 Å². The van der Waals surface area contributed by atoms with E-state index in [2.05, 4.69) is 48.9 Å². The number of ether oxygens (including phenoxy) is 12. The van der Waals surface area contributed by atoms with Crippen molar-refractivity contribution in [1.29, 1.82) is 0 Å². The summed E-state index contributed by atoms with van der Waals surface area (Å²) in [6, 6.07) is 0. The van der Waals surface area contributed by atoms with E-state index in [0.29, 0.717) is 114 Å². The summed E-state index contributed by atoms with van der Waals surface area (Å²) < 4.78 is 61.5. The van der Waals surface area contributed by atoms with E-state index < -0.39 is 199 Å². The van der Waals surface area contributed by atoms with Crippen LogP contribution in [0.15, 0.2) is 74.4 Å². The lowest BCUT2D eigenvalue weighted by molar-refractivity contribution is -0.303. The van der Waals surface area contributed by atoms with Crippen LogP contribution in [0.25, 0.3) is 0 Å². The molecule has 24 bridgehead atoms. The molecule has 24 aliphatic rings. The predicted octanol–water partition coefficient (Wildman–Crippen LogP) is 3.91. The number of esters is 12. The van der Waals surface area contributed by atoms with Gasteiger partial charge < -0.3 is 118 Å². The summed E-state index contributed by atoms with van der Waals surface area (Å²) in [5.41, 5.74) is -17.0. The van der Waals surface area contributed by atoms with Crippen molar-refractivity contribution < 1.29 is 176 Å². The van der Waals surface area contributed by atoms with Crippen molar-refractivity contribution in [3.63, 3.8) is 0 Å². The lowest BCUT2D eigenvalue weighted by Gasteiger charge is -2.65. The van der Waals surface area contributed by atoms with E-state index in [4.69, 9.17) is 47.4 Å². The van der Waals surface area contributed by atoms with Gasteiger partial charge in [-0.15, -0.1) is 0 Å². The van der Waals surface area contributed by atoms with Crippen LogP contribution in [-0.4, -0.2) is 273 Å². The van der Waals surface area contributed by atoms with Gasteiger partial charge in [0.2, 0.25) is 0 Å². The monoisotopic (exact) mass is 1820 g/mol. The third-order valence-electron chi connectivity index (χ3n) is 29.2. The van der Waals surface area contributed by atoms with Crippen LogP contribution in [-0.2, 0) is 114 Å². The summed E-state index contributed by atoms with van der Waals surface area (Å²) >= 11 is 0. The second-order valence-corrected chi connectivity index (χ2v) is 43.2. The first-order chi connectivity index (χ1) is 59.6. The van der Waals surface area contributed by atoms with Crippen molar-refractivity contribution in [2.45, 2.75) is 353 Å². The topological polar surface area (TPSA) is 558 Å². The van der Waals surface area contributed by atoms with E-state index in [0.717, 1.165) is 82.4 Å². The first-order valence-corrected chi connectivity index (χ1v) is 44.5. The number of hydrogen-bond donors (Lipinski definition) is 12. The zero-order valence-corrected chi connectivity index (χ0v) is 73.8. The van der Waals surface area contributed by atoms with Crippen LogP contribution in [0, 0.1) is 35.5 Å². The standard InChI is InChI=1S/C16H22O7.C16H22O6.C16H22O5.C15H20O7.C15H20O6.C15H20O5/c1-10(2)12(18)22-3-11(17)23-16-7-13(19)4-14(20,8-16)6-15(21,5-13)9-16;1-10(2)13(18)21-6-12(17)22-16-5-11-3-14(19,8-16)7-15(20,4-11)9-16;1-10(2)14(18)20-8-13(17)21-16-6-11-3-12(7-16)5-15(19,4-11)9-16;1-2-10(16)21-3-11(17)22-15-7-12(18)4-13(19,8-15)6-14(20,5-12)9-15;1-2-11(16)20-6-12(17)21-15-5-10-3-13(18,8-15)7-14(19,4-10)9-15;1-2-12(16)19-8-13(17)20-15-6-10-3-11(7-15)5-14(18,4-10)9-15/h19-21H,1,3-9H2,2H3;11,19-20H,1,3-9H2,2H3;11-12,19H,1,3-9H2,2H3;2,18-20H,1,3-9H2;2,10,18-19H,1,3-9H2;2,10-11,18H,1,3-9H2. The van der Waals surface area contributed by atoms with Gasteiger partial charge in [-0.1, -0.05) is 39.5 Å². The fourth-order valence-corrected chi connectivity index (χ4v) is 29.2. The summed E-state index contributed by atoms with van der Waals surface area (Å²) in [4.78, 5) is 138. The van der Waals surface area contributed by atoms with E-state index >= 15 is 0 Å². The predicted molar refractivity (Wildman–Crippen MR) is 440 cm³/mol. The van der Waals surface area contributed by atoms with E-state index in [9.17, 15) is 119 Å². The maximum Gasteiger partial charge on any atom is 0.344 e. The van der Waals surface area contributed by atoms with Crippen molar-refractivity contribution in [2.24, 2.45) is 35.5 Å². The van der Waals surface area contributed by atoms with Crippen molar-refractivity contribution in [3.8, 4) is 0 Å². The highest BCUT2D eigenvalue weighted by Crippen LogP contribution is 2.67. The van der Waals surface area contributed by atoms with E-state index in [1.165, 1.54) is 20.8 Å². The average Bonchev–Trinajstić information content (AvgIpc) is 0.691. The van der Waals surface area contributed by atoms with Crippen LogP contribution in [0.1, 0.15) is 252 Å². The van der Waals surface area contributed by atoms with Gasteiger partial charge in [0.15, 0.2) is 39.6 Å². The first-order valence-electron chi connectivity index (χ1n) is 44.5. The average molecular weight is 1820 g/mol. The Morgan fingerprint density at radius 3 is 0.605 bits per heavy atom. The van der Waals surface area contributed by atoms with Gasteiger partial charge >= 0.3 is 71.6 Å². The van der Waals surface area contributed by atoms with Gasteiger partial charge in [-0.05, 0) is 159 Å². The highest BCUT2D eigenvalue weighted by atomic mass is 16.6. The van der Waals surface area contributed by atoms with Gasteiger partial charge in [0.1, 0.15) is 33.6 Å². The molecule has 0 radical (unpaired) electrons. The van der Waals surface area contributed by atoms with Gasteiger partial charge in [0.05, 0.1) is 67.2 Å². The summed E-state index contributed by atoms with van der Waals surface area (Å²) in [6.07, 6.45) is 20.9. The van der Waals surface area contributed by atoms with Gasteiger partial charge in [0, 0.05) is 163 Å². The van der Waals surface area contributed by atoms with Crippen LogP contribution >= 0.6 is 0 Å². The molecule has 0 aromatic heterocycles. The molecule has 8 atom stereocenters. The smallest absolute Gasteiger partial charge is 0.344 e. The quantitative estimate of drug-likeness (QED) is 0.0370. The van der Waals surface area contributed by atoms with Gasteiger partial charge in [-0.3, -0.25) is 0 Å². The van der Waals surface area contributed by atoms with Crippen molar-refractivity contribution in [3.05, 3.63) is 74.4 Å². The molecule has 24 fully saturated rings. The fraction of sp³-hybridized carbons (Fsp3) is 0.742. The Morgan fingerprint density at radius 2 is 0.403 bits per heavy atom. The lowest BCUT2D eigenvalue weighted by Crippen LogP contribution is -2.72. The van der Waals surface area contributed by atoms with Crippen LogP contribution in [0.3, 0.4) is 0 Å². The Kier molecular flexibility index (Phi) is 26.5. The zero-order chi connectivity index (χ0) is 94.4. The molecule has 0 aromatic carbocycles. The summed E-state index contributed by atoms with van der Waals surface area (Å²) in [6.45, 7) is 21.7. The molecule has 0 heterocycles. The molecule has 8 unspecified atom stereocenters. The molecular formula is C93H126O36. The van der Waals surface area contributed by atoms with Gasteiger partial charge in [-0.2, -0.15) is 0 Å². The number of carbonyl (C=O) groups excluding carboxylic acids is 12.